The van der Waals surface area contributed by atoms with Gasteiger partial charge in [-0.15, -0.1) is 0 Å². The van der Waals surface area contributed by atoms with Crippen molar-refractivity contribution in [2.45, 2.75) is 19.3 Å². The maximum atomic E-state index is 9.60. The van der Waals surface area contributed by atoms with Crippen LogP contribution in [0.1, 0.15) is 29.0 Å². The zero-order valence-corrected chi connectivity index (χ0v) is 14.7. The largest absolute Gasteiger partial charge is 0.369 e. The molecule has 0 aliphatic carbocycles. The van der Waals surface area contributed by atoms with E-state index in [9.17, 15) is 5.26 Å². The Balaban J connectivity index is 1.80. The third kappa shape index (κ3) is 2.81. The molecule has 4 rings (SSSR count). The van der Waals surface area contributed by atoms with Gasteiger partial charge in [-0.2, -0.15) is 5.26 Å². The summed E-state index contributed by atoms with van der Waals surface area (Å²) in [6.45, 7) is 3.78. The van der Waals surface area contributed by atoms with Crippen LogP contribution in [0.3, 0.4) is 0 Å². The molecule has 1 aliphatic heterocycles. The van der Waals surface area contributed by atoms with E-state index in [2.05, 4.69) is 33.1 Å². The average molecular weight is 349 g/mol. The average Bonchev–Trinajstić information content (AvgIpc) is 3.11. The summed E-state index contributed by atoms with van der Waals surface area (Å²) in [5.41, 5.74) is 4.62. The zero-order chi connectivity index (χ0) is 17.4. The number of halogens is 1. The number of anilines is 1. The van der Waals surface area contributed by atoms with E-state index in [1.165, 1.54) is 5.56 Å². The first-order chi connectivity index (χ1) is 12.2. The van der Waals surface area contributed by atoms with Crippen molar-refractivity contribution in [1.29, 1.82) is 5.26 Å². The van der Waals surface area contributed by atoms with Gasteiger partial charge in [0, 0.05) is 43.0 Å². The van der Waals surface area contributed by atoms with Gasteiger partial charge in [0.15, 0.2) is 0 Å². The highest BCUT2D eigenvalue weighted by Crippen LogP contribution is 2.38. The second-order valence-electron chi connectivity index (χ2n) is 6.49. The molecule has 1 atom stereocenters. The fourth-order valence-electron chi connectivity index (χ4n) is 3.66. The highest BCUT2D eigenvalue weighted by atomic mass is 35.5. The molecule has 1 unspecified atom stereocenters. The number of aromatic nitrogens is 2. The number of rotatable bonds is 2. The number of hydrogen-bond donors (Lipinski definition) is 0. The molecule has 0 amide bonds. The highest BCUT2D eigenvalue weighted by molar-refractivity contribution is 6.35. The van der Waals surface area contributed by atoms with Crippen molar-refractivity contribution in [3.63, 3.8) is 0 Å². The standard InChI is InChI=1S/C20H17ClN4/c1-13-7-17-19(18(21)8-13)24-11-16(9-22)20(17)25-6-4-15(12-25)14-3-2-5-23-10-14/h2-3,5,7-8,10-11,15H,4,6,12H2,1H3. The Labute approximate surface area is 151 Å². The van der Waals surface area contributed by atoms with Gasteiger partial charge in [0.05, 0.1) is 21.8 Å². The quantitative estimate of drug-likeness (QED) is 0.686. The van der Waals surface area contributed by atoms with Crippen LogP contribution in [0, 0.1) is 18.3 Å². The minimum absolute atomic E-state index is 0.420. The van der Waals surface area contributed by atoms with Crippen LogP contribution in [-0.4, -0.2) is 23.1 Å². The normalized spacial score (nSPS) is 17.0. The smallest absolute Gasteiger partial charge is 0.103 e. The molecular weight excluding hydrogens is 332 g/mol. The topological polar surface area (TPSA) is 52.8 Å². The number of aryl methyl sites for hydroxylation is 1. The first-order valence-electron chi connectivity index (χ1n) is 8.31. The molecule has 0 radical (unpaired) electrons. The summed E-state index contributed by atoms with van der Waals surface area (Å²) in [5, 5.41) is 11.2. The van der Waals surface area contributed by atoms with Gasteiger partial charge in [-0.25, -0.2) is 0 Å². The summed E-state index contributed by atoms with van der Waals surface area (Å²) >= 11 is 6.39. The second-order valence-corrected chi connectivity index (χ2v) is 6.90. The number of benzene rings is 1. The summed E-state index contributed by atoms with van der Waals surface area (Å²) in [5.74, 6) is 0.420. The Morgan fingerprint density at radius 3 is 2.96 bits per heavy atom. The highest BCUT2D eigenvalue weighted by Gasteiger charge is 2.27. The fourth-order valence-corrected chi connectivity index (χ4v) is 3.98. The lowest BCUT2D eigenvalue weighted by molar-refractivity contribution is 0.770. The third-order valence-corrected chi connectivity index (χ3v) is 5.11. The molecule has 0 bridgehead atoms. The van der Waals surface area contributed by atoms with E-state index in [-0.39, 0.29) is 0 Å². The summed E-state index contributed by atoms with van der Waals surface area (Å²) in [4.78, 5) is 10.9. The lowest BCUT2D eigenvalue weighted by Crippen LogP contribution is -2.21. The van der Waals surface area contributed by atoms with Crippen LogP contribution in [0.5, 0.6) is 0 Å². The van der Waals surface area contributed by atoms with E-state index in [1.54, 1.807) is 12.4 Å². The summed E-state index contributed by atoms with van der Waals surface area (Å²) in [6.07, 6.45) is 6.41. The van der Waals surface area contributed by atoms with Crippen molar-refractivity contribution in [3.05, 3.63) is 64.6 Å². The Morgan fingerprint density at radius 2 is 2.20 bits per heavy atom. The van der Waals surface area contributed by atoms with E-state index in [0.29, 0.717) is 16.5 Å². The number of pyridine rings is 2. The van der Waals surface area contributed by atoms with Crippen LogP contribution in [-0.2, 0) is 0 Å². The Morgan fingerprint density at radius 1 is 1.32 bits per heavy atom. The Hall–Kier alpha value is -2.64. The molecule has 2 aromatic heterocycles. The van der Waals surface area contributed by atoms with Gasteiger partial charge >= 0.3 is 0 Å². The summed E-state index contributed by atoms with van der Waals surface area (Å²) in [7, 11) is 0. The summed E-state index contributed by atoms with van der Waals surface area (Å²) in [6, 6.07) is 10.4. The van der Waals surface area contributed by atoms with E-state index in [1.807, 2.05) is 25.3 Å². The first kappa shape index (κ1) is 15.9. The van der Waals surface area contributed by atoms with E-state index >= 15 is 0 Å². The molecule has 0 saturated carbocycles. The van der Waals surface area contributed by atoms with Crippen LogP contribution in [0.4, 0.5) is 5.69 Å². The Kier molecular flexibility index (Phi) is 4.03. The predicted molar refractivity (Wildman–Crippen MR) is 100 cm³/mol. The van der Waals surface area contributed by atoms with Crippen molar-refractivity contribution in [1.82, 2.24) is 9.97 Å². The van der Waals surface area contributed by atoms with Crippen LogP contribution >= 0.6 is 11.6 Å². The number of nitrogens with zero attached hydrogens (tertiary/aromatic N) is 4. The molecule has 0 N–H and O–H groups in total. The second kappa shape index (κ2) is 6.34. The molecule has 1 fully saturated rings. The maximum absolute atomic E-state index is 9.60. The van der Waals surface area contributed by atoms with Crippen LogP contribution in [0.2, 0.25) is 5.02 Å². The molecule has 0 spiro atoms. The molecule has 5 heteroatoms. The molecule has 1 aromatic carbocycles. The number of nitriles is 1. The van der Waals surface area contributed by atoms with Crippen LogP contribution in [0.25, 0.3) is 10.9 Å². The number of hydrogen-bond acceptors (Lipinski definition) is 4. The van der Waals surface area contributed by atoms with Gasteiger partial charge in [0.25, 0.3) is 0 Å². The van der Waals surface area contributed by atoms with Crippen LogP contribution in [0.15, 0.2) is 42.9 Å². The van der Waals surface area contributed by atoms with E-state index in [4.69, 9.17) is 11.6 Å². The zero-order valence-electron chi connectivity index (χ0n) is 13.9. The predicted octanol–water partition coefficient (Wildman–Crippen LogP) is 4.46. The van der Waals surface area contributed by atoms with Gasteiger partial charge in [0.2, 0.25) is 0 Å². The molecule has 124 valence electrons. The molecule has 1 aliphatic rings. The molecular formula is C20H17ClN4. The number of fused-ring (bicyclic) bond motifs is 1. The maximum Gasteiger partial charge on any atom is 0.103 e. The van der Waals surface area contributed by atoms with Gasteiger partial charge in [0.1, 0.15) is 6.07 Å². The van der Waals surface area contributed by atoms with Crippen molar-refractivity contribution >= 4 is 28.2 Å². The van der Waals surface area contributed by atoms with E-state index in [0.717, 1.165) is 41.7 Å². The minimum Gasteiger partial charge on any atom is -0.369 e. The van der Waals surface area contributed by atoms with E-state index < -0.39 is 0 Å². The van der Waals surface area contributed by atoms with Crippen molar-refractivity contribution < 1.29 is 0 Å². The molecule has 4 nitrogen and oxygen atoms in total. The van der Waals surface area contributed by atoms with Gasteiger partial charge in [-0.05, 0) is 42.7 Å². The SMILES string of the molecule is Cc1cc(Cl)c2ncc(C#N)c(N3CCC(c4cccnc4)C3)c2c1. The molecule has 25 heavy (non-hydrogen) atoms. The molecule has 3 heterocycles. The first-order valence-corrected chi connectivity index (χ1v) is 8.69. The van der Waals surface area contributed by atoms with Gasteiger partial charge in [-0.1, -0.05) is 17.7 Å². The monoisotopic (exact) mass is 348 g/mol. The van der Waals surface area contributed by atoms with Crippen LogP contribution < -0.4 is 4.90 Å². The lowest BCUT2D eigenvalue weighted by atomic mass is 10.0. The molecule has 1 saturated heterocycles. The van der Waals surface area contributed by atoms with Crippen molar-refractivity contribution in [2.24, 2.45) is 0 Å². The van der Waals surface area contributed by atoms with Gasteiger partial charge < -0.3 is 4.90 Å². The van der Waals surface area contributed by atoms with Crippen molar-refractivity contribution in [2.75, 3.05) is 18.0 Å². The lowest BCUT2D eigenvalue weighted by Gasteiger charge is -2.22. The molecule has 3 aromatic rings. The minimum atomic E-state index is 0.420. The fraction of sp³-hybridized carbons (Fsp3) is 0.250. The third-order valence-electron chi connectivity index (χ3n) is 4.82. The summed E-state index contributed by atoms with van der Waals surface area (Å²) < 4.78 is 0. The Bertz CT molecular complexity index is 978. The van der Waals surface area contributed by atoms with Crippen molar-refractivity contribution in [3.8, 4) is 6.07 Å². The van der Waals surface area contributed by atoms with Gasteiger partial charge in [-0.3, -0.25) is 9.97 Å².